The van der Waals surface area contributed by atoms with Gasteiger partial charge < -0.3 is 4.74 Å². The van der Waals surface area contributed by atoms with E-state index in [0.29, 0.717) is 5.75 Å². The van der Waals surface area contributed by atoms with Gasteiger partial charge >= 0.3 is 5.97 Å². The van der Waals surface area contributed by atoms with Gasteiger partial charge in [0, 0.05) is 12.3 Å². The van der Waals surface area contributed by atoms with E-state index in [2.05, 4.69) is 45.6 Å². The van der Waals surface area contributed by atoms with E-state index in [-0.39, 0.29) is 11.4 Å². The number of hydrogen-bond acceptors (Lipinski definition) is 2. The van der Waals surface area contributed by atoms with Gasteiger partial charge in [0.15, 0.2) is 0 Å². The molecule has 0 aliphatic carbocycles. The van der Waals surface area contributed by atoms with E-state index in [9.17, 15) is 4.79 Å². The van der Waals surface area contributed by atoms with Crippen LogP contribution >= 0.6 is 0 Å². The van der Waals surface area contributed by atoms with Crippen LogP contribution in [-0.2, 0) is 4.79 Å². The standard InChI is InChI=1S/C20H26O2/c1-6-20(5,14-7-8-16(2)3)15-13-18-9-11-19(12-10-18)22-17(4)21/h6,8-13,15H,1,7,14H2,2-5H3. The van der Waals surface area contributed by atoms with E-state index < -0.39 is 0 Å². The van der Waals surface area contributed by atoms with Crippen LogP contribution in [0, 0.1) is 5.41 Å². The fourth-order valence-corrected chi connectivity index (χ4v) is 2.02. The highest BCUT2D eigenvalue weighted by Gasteiger charge is 2.14. The second-order valence-electron chi connectivity index (χ2n) is 6.03. The minimum atomic E-state index is -0.304. The SMILES string of the molecule is C=CC(C)(C=Cc1ccc(OC(C)=O)cc1)CCC=C(C)C. The monoisotopic (exact) mass is 298 g/mol. The molecule has 0 saturated heterocycles. The number of rotatable bonds is 7. The predicted octanol–water partition coefficient (Wildman–Crippen LogP) is 5.56. The second kappa shape index (κ2) is 8.38. The summed E-state index contributed by atoms with van der Waals surface area (Å²) in [4.78, 5) is 10.9. The van der Waals surface area contributed by atoms with Crippen molar-refractivity contribution in [2.75, 3.05) is 0 Å². The number of carbonyl (C=O) groups is 1. The minimum absolute atomic E-state index is 0.0273. The fraction of sp³-hybridized carbons (Fsp3) is 0.350. The van der Waals surface area contributed by atoms with Crippen LogP contribution in [0.4, 0.5) is 0 Å². The van der Waals surface area contributed by atoms with E-state index in [0.717, 1.165) is 18.4 Å². The van der Waals surface area contributed by atoms with Crippen LogP contribution in [0.15, 0.2) is 54.6 Å². The zero-order valence-electron chi connectivity index (χ0n) is 14.1. The quantitative estimate of drug-likeness (QED) is 0.374. The third kappa shape index (κ3) is 6.57. The van der Waals surface area contributed by atoms with Crippen molar-refractivity contribution in [2.45, 2.75) is 40.5 Å². The molecule has 1 unspecified atom stereocenters. The summed E-state index contributed by atoms with van der Waals surface area (Å²) in [7, 11) is 0. The van der Waals surface area contributed by atoms with Crippen LogP contribution in [0.2, 0.25) is 0 Å². The molecule has 2 heteroatoms. The number of esters is 1. The summed E-state index contributed by atoms with van der Waals surface area (Å²) in [6, 6.07) is 7.48. The lowest BCUT2D eigenvalue weighted by molar-refractivity contribution is -0.131. The Bertz CT molecular complexity index is 560. The van der Waals surface area contributed by atoms with Crippen molar-refractivity contribution in [3.05, 3.63) is 60.2 Å². The number of allylic oxidation sites excluding steroid dienone is 4. The zero-order valence-corrected chi connectivity index (χ0v) is 14.1. The molecular weight excluding hydrogens is 272 g/mol. The van der Waals surface area contributed by atoms with E-state index in [1.807, 2.05) is 18.2 Å². The zero-order chi connectivity index (χ0) is 16.6. The first-order valence-electron chi connectivity index (χ1n) is 7.59. The lowest BCUT2D eigenvalue weighted by Gasteiger charge is -2.20. The van der Waals surface area contributed by atoms with Crippen LogP contribution in [0.5, 0.6) is 5.75 Å². The van der Waals surface area contributed by atoms with Crippen LogP contribution in [0.3, 0.4) is 0 Å². The molecular formula is C20H26O2. The van der Waals surface area contributed by atoms with Crippen molar-refractivity contribution in [2.24, 2.45) is 5.41 Å². The van der Waals surface area contributed by atoms with Crippen LogP contribution in [0.25, 0.3) is 6.08 Å². The summed E-state index contributed by atoms with van der Waals surface area (Å²) in [6.07, 6.45) is 10.6. The molecule has 0 fully saturated rings. The van der Waals surface area contributed by atoms with E-state index >= 15 is 0 Å². The molecule has 0 aliphatic heterocycles. The molecule has 1 rings (SSSR count). The van der Waals surface area contributed by atoms with Crippen LogP contribution in [-0.4, -0.2) is 5.97 Å². The van der Waals surface area contributed by atoms with Crippen molar-refractivity contribution >= 4 is 12.0 Å². The molecule has 2 nitrogen and oxygen atoms in total. The first-order valence-corrected chi connectivity index (χ1v) is 7.59. The normalized spacial score (nSPS) is 13.5. The molecule has 0 aliphatic rings. The smallest absolute Gasteiger partial charge is 0.308 e. The van der Waals surface area contributed by atoms with Gasteiger partial charge in [0.25, 0.3) is 0 Å². The van der Waals surface area contributed by atoms with Crippen molar-refractivity contribution in [1.29, 1.82) is 0 Å². The number of carbonyl (C=O) groups excluding carboxylic acids is 1. The first-order chi connectivity index (χ1) is 10.3. The van der Waals surface area contributed by atoms with Crippen molar-refractivity contribution in [1.82, 2.24) is 0 Å². The third-order valence-electron chi connectivity index (χ3n) is 3.50. The molecule has 0 amide bonds. The molecule has 0 saturated carbocycles. The Labute approximate surface area is 134 Å². The Kier molecular flexibility index (Phi) is 6.84. The lowest BCUT2D eigenvalue weighted by Crippen LogP contribution is -2.08. The highest BCUT2D eigenvalue weighted by molar-refractivity contribution is 5.69. The van der Waals surface area contributed by atoms with Gasteiger partial charge in [0.1, 0.15) is 5.75 Å². The minimum Gasteiger partial charge on any atom is -0.427 e. The molecule has 1 atom stereocenters. The average Bonchev–Trinajstić information content (AvgIpc) is 2.45. The Morgan fingerprint density at radius 2 is 1.86 bits per heavy atom. The topological polar surface area (TPSA) is 26.3 Å². The van der Waals surface area contributed by atoms with E-state index in [4.69, 9.17) is 4.74 Å². The summed E-state index contributed by atoms with van der Waals surface area (Å²) in [5.74, 6) is 0.265. The summed E-state index contributed by atoms with van der Waals surface area (Å²) in [6.45, 7) is 11.8. The second-order valence-corrected chi connectivity index (χ2v) is 6.03. The van der Waals surface area contributed by atoms with Gasteiger partial charge in [0.2, 0.25) is 0 Å². The average molecular weight is 298 g/mol. The number of benzene rings is 1. The maximum Gasteiger partial charge on any atom is 0.308 e. The van der Waals surface area contributed by atoms with Crippen molar-refractivity contribution < 1.29 is 9.53 Å². The molecule has 1 aromatic rings. The van der Waals surface area contributed by atoms with Gasteiger partial charge in [-0.2, -0.15) is 0 Å². The first kappa shape index (κ1) is 18.0. The molecule has 118 valence electrons. The Morgan fingerprint density at radius 1 is 1.23 bits per heavy atom. The van der Waals surface area contributed by atoms with Gasteiger partial charge in [-0.25, -0.2) is 0 Å². The van der Waals surface area contributed by atoms with Gasteiger partial charge in [-0.05, 0) is 44.4 Å². The summed E-state index contributed by atoms with van der Waals surface area (Å²) < 4.78 is 5.03. The Morgan fingerprint density at radius 3 is 2.36 bits per heavy atom. The predicted molar refractivity (Wildman–Crippen MR) is 93.8 cm³/mol. The Balaban J connectivity index is 2.73. The molecule has 1 aromatic carbocycles. The third-order valence-corrected chi connectivity index (χ3v) is 3.50. The van der Waals surface area contributed by atoms with Crippen LogP contribution in [0.1, 0.15) is 46.1 Å². The van der Waals surface area contributed by atoms with Gasteiger partial charge in [-0.1, -0.05) is 48.9 Å². The molecule has 22 heavy (non-hydrogen) atoms. The Hall–Kier alpha value is -2.09. The number of ether oxygens (including phenoxy) is 1. The van der Waals surface area contributed by atoms with Crippen LogP contribution < -0.4 is 4.74 Å². The largest absolute Gasteiger partial charge is 0.427 e. The summed E-state index contributed by atoms with van der Waals surface area (Å²) in [5, 5.41) is 0. The number of hydrogen-bond donors (Lipinski definition) is 0. The van der Waals surface area contributed by atoms with E-state index in [1.165, 1.54) is 12.5 Å². The maximum atomic E-state index is 10.9. The molecule has 0 heterocycles. The highest BCUT2D eigenvalue weighted by atomic mass is 16.5. The molecule has 0 radical (unpaired) electrons. The molecule has 0 N–H and O–H groups in total. The van der Waals surface area contributed by atoms with Gasteiger partial charge in [0.05, 0.1) is 0 Å². The molecule has 0 aromatic heterocycles. The molecule has 0 spiro atoms. The summed E-state index contributed by atoms with van der Waals surface area (Å²) >= 11 is 0. The fourth-order valence-electron chi connectivity index (χ4n) is 2.02. The van der Waals surface area contributed by atoms with E-state index in [1.54, 1.807) is 12.1 Å². The van der Waals surface area contributed by atoms with Gasteiger partial charge in [-0.3, -0.25) is 4.79 Å². The maximum absolute atomic E-state index is 10.9. The van der Waals surface area contributed by atoms with Crippen molar-refractivity contribution in [3.63, 3.8) is 0 Å². The van der Waals surface area contributed by atoms with Crippen molar-refractivity contribution in [3.8, 4) is 5.75 Å². The molecule has 0 bridgehead atoms. The highest BCUT2D eigenvalue weighted by Crippen LogP contribution is 2.28. The lowest BCUT2D eigenvalue weighted by atomic mass is 9.84. The van der Waals surface area contributed by atoms with Gasteiger partial charge in [-0.15, -0.1) is 6.58 Å². The summed E-state index contributed by atoms with van der Waals surface area (Å²) in [5.41, 5.74) is 2.39.